The van der Waals surface area contributed by atoms with Crippen LogP contribution in [0.1, 0.15) is 22.0 Å². The normalized spacial score (nSPS) is 11.4. The van der Waals surface area contributed by atoms with Crippen LogP contribution in [0.3, 0.4) is 0 Å². The Bertz CT molecular complexity index is 585. The van der Waals surface area contributed by atoms with Crippen molar-refractivity contribution in [2.75, 3.05) is 7.11 Å². The van der Waals surface area contributed by atoms with Crippen molar-refractivity contribution in [2.45, 2.75) is 6.04 Å². The van der Waals surface area contributed by atoms with E-state index in [0.29, 0.717) is 11.1 Å². The largest absolute Gasteiger partial charge is 0.467 e. The summed E-state index contributed by atoms with van der Waals surface area (Å²) in [4.78, 5) is 27.8. The van der Waals surface area contributed by atoms with Crippen LogP contribution in [-0.4, -0.2) is 24.0 Å². The number of carbonyl (C=O) groups is 2. The van der Waals surface area contributed by atoms with E-state index in [1.54, 1.807) is 42.6 Å². The molecule has 0 aliphatic rings. The average Bonchev–Trinajstić information content (AvgIpc) is 2.53. The van der Waals surface area contributed by atoms with Crippen LogP contribution in [0.15, 0.2) is 54.9 Å². The van der Waals surface area contributed by atoms with Crippen molar-refractivity contribution in [3.8, 4) is 0 Å². The molecule has 0 aliphatic carbocycles. The first kappa shape index (κ1) is 13.7. The number of pyridine rings is 1. The molecule has 0 bridgehead atoms. The van der Waals surface area contributed by atoms with Gasteiger partial charge in [0.25, 0.3) is 5.91 Å². The van der Waals surface area contributed by atoms with E-state index in [1.165, 1.54) is 13.3 Å². The lowest BCUT2D eigenvalue weighted by atomic mass is 10.1. The average molecular weight is 270 g/mol. The molecule has 0 saturated heterocycles. The third-order valence-corrected chi connectivity index (χ3v) is 2.77. The highest BCUT2D eigenvalue weighted by atomic mass is 16.5. The molecule has 1 amide bonds. The Balaban J connectivity index is 2.21. The molecule has 102 valence electrons. The molecule has 2 aromatic rings. The van der Waals surface area contributed by atoms with Crippen molar-refractivity contribution in [3.05, 3.63) is 66.0 Å². The second-order valence-electron chi connectivity index (χ2n) is 4.08. The molecular formula is C15H14N2O3. The minimum atomic E-state index is -0.839. The molecule has 5 heteroatoms. The summed E-state index contributed by atoms with van der Waals surface area (Å²) in [5.74, 6) is -0.897. The van der Waals surface area contributed by atoms with Crippen LogP contribution < -0.4 is 5.32 Å². The third-order valence-electron chi connectivity index (χ3n) is 2.77. The van der Waals surface area contributed by atoms with E-state index < -0.39 is 12.0 Å². The van der Waals surface area contributed by atoms with Crippen LogP contribution in [0, 0.1) is 0 Å². The van der Waals surface area contributed by atoms with E-state index in [4.69, 9.17) is 4.74 Å². The van der Waals surface area contributed by atoms with Gasteiger partial charge in [-0.15, -0.1) is 0 Å². The number of methoxy groups -OCH3 is 1. The molecule has 5 nitrogen and oxygen atoms in total. The van der Waals surface area contributed by atoms with Crippen LogP contribution in [0.2, 0.25) is 0 Å². The number of ether oxygens (including phenoxy) is 1. The van der Waals surface area contributed by atoms with E-state index >= 15 is 0 Å². The third kappa shape index (κ3) is 3.20. The molecule has 1 N–H and O–H groups in total. The standard InChI is InChI=1S/C15H14N2O3/c1-20-15(19)13(11-6-3-2-4-7-11)17-14(18)12-8-5-9-16-10-12/h2-10,13H,1H3,(H,17,18). The summed E-state index contributed by atoms with van der Waals surface area (Å²) in [7, 11) is 1.29. The molecule has 2 rings (SSSR count). The highest BCUT2D eigenvalue weighted by Gasteiger charge is 2.23. The second kappa shape index (κ2) is 6.47. The number of rotatable bonds is 4. The van der Waals surface area contributed by atoms with Crippen molar-refractivity contribution in [3.63, 3.8) is 0 Å². The first-order valence-electron chi connectivity index (χ1n) is 6.06. The number of hydrogen-bond acceptors (Lipinski definition) is 4. The molecule has 1 atom stereocenters. The molecule has 1 aromatic carbocycles. The lowest BCUT2D eigenvalue weighted by Gasteiger charge is -2.16. The van der Waals surface area contributed by atoms with Gasteiger partial charge in [-0.2, -0.15) is 0 Å². The Morgan fingerprint density at radius 2 is 1.90 bits per heavy atom. The van der Waals surface area contributed by atoms with Crippen LogP contribution in [0.25, 0.3) is 0 Å². The highest BCUT2D eigenvalue weighted by molar-refractivity contribution is 5.96. The van der Waals surface area contributed by atoms with Gasteiger partial charge in [-0.25, -0.2) is 4.79 Å². The summed E-state index contributed by atoms with van der Waals surface area (Å²) in [6.07, 6.45) is 3.01. The molecule has 0 saturated carbocycles. The summed E-state index contributed by atoms with van der Waals surface area (Å²) >= 11 is 0. The molecule has 0 aliphatic heterocycles. The van der Waals surface area contributed by atoms with Gasteiger partial charge in [0, 0.05) is 12.4 Å². The maximum atomic E-state index is 12.1. The van der Waals surface area contributed by atoms with Crippen molar-refractivity contribution in [1.29, 1.82) is 0 Å². The maximum absolute atomic E-state index is 12.1. The SMILES string of the molecule is COC(=O)C(NC(=O)c1cccnc1)c1ccccc1. The summed E-state index contributed by atoms with van der Waals surface area (Å²) in [5.41, 5.74) is 1.05. The van der Waals surface area contributed by atoms with Crippen LogP contribution in [0.5, 0.6) is 0 Å². The number of esters is 1. The van der Waals surface area contributed by atoms with Crippen molar-refractivity contribution in [1.82, 2.24) is 10.3 Å². The first-order chi connectivity index (χ1) is 9.72. The molecule has 20 heavy (non-hydrogen) atoms. The van der Waals surface area contributed by atoms with Crippen LogP contribution >= 0.6 is 0 Å². The zero-order valence-electron chi connectivity index (χ0n) is 10.9. The monoisotopic (exact) mass is 270 g/mol. The van der Waals surface area contributed by atoms with Gasteiger partial charge in [0.05, 0.1) is 12.7 Å². The fourth-order valence-electron chi connectivity index (χ4n) is 1.75. The number of hydrogen-bond donors (Lipinski definition) is 1. The van der Waals surface area contributed by atoms with E-state index in [0.717, 1.165) is 0 Å². The fraction of sp³-hybridized carbons (Fsp3) is 0.133. The van der Waals surface area contributed by atoms with Gasteiger partial charge in [0.1, 0.15) is 0 Å². The van der Waals surface area contributed by atoms with Gasteiger partial charge in [-0.1, -0.05) is 30.3 Å². The molecule has 1 aromatic heterocycles. The zero-order chi connectivity index (χ0) is 14.4. The molecule has 1 unspecified atom stereocenters. The van der Waals surface area contributed by atoms with Gasteiger partial charge >= 0.3 is 5.97 Å². The number of carbonyl (C=O) groups excluding carboxylic acids is 2. The van der Waals surface area contributed by atoms with Crippen LogP contribution in [-0.2, 0) is 9.53 Å². The predicted octanol–water partition coefficient (Wildman–Crippen LogP) is 1.73. The molecule has 0 spiro atoms. The van der Waals surface area contributed by atoms with E-state index in [1.807, 2.05) is 6.07 Å². The Labute approximate surface area is 116 Å². The fourth-order valence-corrected chi connectivity index (χ4v) is 1.75. The summed E-state index contributed by atoms with van der Waals surface area (Å²) in [6.45, 7) is 0. The number of nitrogens with zero attached hydrogens (tertiary/aromatic N) is 1. The quantitative estimate of drug-likeness (QED) is 0.859. The number of nitrogens with one attached hydrogen (secondary N) is 1. The topological polar surface area (TPSA) is 68.3 Å². The van der Waals surface area contributed by atoms with E-state index in [2.05, 4.69) is 10.3 Å². The van der Waals surface area contributed by atoms with E-state index in [9.17, 15) is 9.59 Å². The lowest BCUT2D eigenvalue weighted by Crippen LogP contribution is -2.34. The van der Waals surface area contributed by atoms with Crippen molar-refractivity contribution >= 4 is 11.9 Å². The highest BCUT2D eigenvalue weighted by Crippen LogP contribution is 2.15. The number of benzene rings is 1. The van der Waals surface area contributed by atoms with Crippen molar-refractivity contribution in [2.24, 2.45) is 0 Å². The summed E-state index contributed by atoms with van der Waals surface area (Å²) in [5, 5.41) is 2.65. The minimum absolute atomic E-state index is 0.377. The molecule has 0 radical (unpaired) electrons. The number of aromatic nitrogens is 1. The van der Waals surface area contributed by atoms with Gasteiger partial charge in [-0.05, 0) is 17.7 Å². The van der Waals surface area contributed by atoms with E-state index in [-0.39, 0.29) is 5.91 Å². The first-order valence-corrected chi connectivity index (χ1v) is 6.06. The van der Waals surface area contributed by atoms with Crippen molar-refractivity contribution < 1.29 is 14.3 Å². The predicted molar refractivity (Wildman–Crippen MR) is 72.9 cm³/mol. The maximum Gasteiger partial charge on any atom is 0.333 e. The van der Waals surface area contributed by atoms with Gasteiger partial charge < -0.3 is 10.1 Å². The number of amides is 1. The minimum Gasteiger partial charge on any atom is -0.467 e. The summed E-state index contributed by atoms with van der Waals surface area (Å²) in [6, 6.07) is 11.4. The Hall–Kier alpha value is -2.69. The Kier molecular flexibility index (Phi) is 4.44. The Morgan fingerprint density at radius 1 is 1.15 bits per heavy atom. The van der Waals surface area contributed by atoms with Crippen LogP contribution in [0.4, 0.5) is 0 Å². The smallest absolute Gasteiger partial charge is 0.333 e. The summed E-state index contributed by atoms with van der Waals surface area (Å²) < 4.78 is 4.73. The second-order valence-corrected chi connectivity index (χ2v) is 4.08. The molecule has 0 fully saturated rings. The van der Waals surface area contributed by atoms with Gasteiger partial charge in [0.15, 0.2) is 6.04 Å². The van der Waals surface area contributed by atoms with Gasteiger partial charge in [-0.3, -0.25) is 9.78 Å². The zero-order valence-corrected chi connectivity index (χ0v) is 10.9. The molecular weight excluding hydrogens is 256 g/mol. The van der Waals surface area contributed by atoms with Gasteiger partial charge in [0.2, 0.25) is 0 Å². The molecule has 1 heterocycles. The lowest BCUT2D eigenvalue weighted by molar-refractivity contribution is -0.143. The Morgan fingerprint density at radius 3 is 2.50 bits per heavy atom.